The van der Waals surface area contributed by atoms with Crippen molar-refractivity contribution in [1.29, 1.82) is 0 Å². The lowest BCUT2D eigenvalue weighted by molar-refractivity contribution is -0.120. The summed E-state index contributed by atoms with van der Waals surface area (Å²) in [6, 6.07) is 14.4. The van der Waals surface area contributed by atoms with Crippen molar-refractivity contribution in [3.05, 3.63) is 54.1 Å². The zero-order valence-corrected chi connectivity index (χ0v) is 15.7. The van der Waals surface area contributed by atoms with Crippen molar-refractivity contribution in [3.8, 4) is 5.75 Å². The summed E-state index contributed by atoms with van der Waals surface area (Å²) in [6.07, 6.45) is 1.78. The van der Waals surface area contributed by atoms with Crippen LogP contribution in [0, 0.1) is 5.92 Å². The lowest BCUT2D eigenvalue weighted by Gasteiger charge is -2.30. The number of sulfonamides is 1. The van der Waals surface area contributed by atoms with E-state index in [4.69, 9.17) is 4.74 Å². The molecule has 0 bridgehead atoms. The average Bonchev–Trinajstić information content (AvgIpc) is 3.17. The minimum absolute atomic E-state index is 0.0482. The van der Waals surface area contributed by atoms with Gasteiger partial charge in [-0.3, -0.25) is 4.79 Å². The number of nitrogens with one attached hydrogen (secondary N) is 1. The van der Waals surface area contributed by atoms with Gasteiger partial charge in [0, 0.05) is 31.1 Å². The van der Waals surface area contributed by atoms with Crippen molar-refractivity contribution in [1.82, 2.24) is 4.31 Å². The first-order chi connectivity index (χ1) is 13.0. The highest BCUT2D eigenvalue weighted by Gasteiger charge is 2.32. The molecule has 4 rings (SSSR count). The largest absolute Gasteiger partial charge is 0.493 e. The molecule has 1 saturated heterocycles. The molecule has 2 heterocycles. The fourth-order valence-corrected chi connectivity index (χ4v) is 5.12. The topological polar surface area (TPSA) is 75.7 Å². The fourth-order valence-electron chi connectivity index (χ4n) is 3.60. The molecule has 0 saturated carbocycles. The van der Waals surface area contributed by atoms with Crippen LogP contribution in [0.5, 0.6) is 5.75 Å². The van der Waals surface area contributed by atoms with Crippen LogP contribution < -0.4 is 10.1 Å². The van der Waals surface area contributed by atoms with Gasteiger partial charge in [-0.25, -0.2) is 8.42 Å². The van der Waals surface area contributed by atoms with Gasteiger partial charge in [-0.1, -0.05) is 18.2 Å². The SMILES string of the molecule is O=C(Nc1ccccc1)C1CCN(S(=O)(=O)c2ccc3c(c2)CCO3)CC1. The summed E-state index contributed by atoms with van der Waals surface area (Å²) in [5, 5.41) is 2.90. The number of para-hydroxylation sites is 1. The van der Waals surface area contributed by atoms with Crippen molar-refractivity contribution < 1.29 is 17.9 Å². The Bertz CT molecular complexity index is 936. The lowest BCUT2D eigenvalue weighted by atomic mass is 9.97. The summed E-state index contributed by atoms with van der Waals surface area (Å²) in [6.45, 7) is 1.30. The summed E-state index contributed by atoms with van der Waals surface area (Å²) in [5.41, 5.74) is 1.70. The summed E-state index contributed by atoms with van der Waals surface area (Å²) < 4.78 is 32.8. The fraction of sp³-hybridized carbons (Fsp3) is 0.350. The van der Waals surface area contributed by atoms with E-state index in [0.717, 1.165) is 23.4 Å². The molecule has 2 aromatic carbocycles. The smallest absolute Gasteiger partial charge is 0.243 e. The van der Waals surface area contributed by atoms with Gasteiger partial charge in [0.05, 0.1) is 11.5 Å². The summed E-state index contributed by atoms with van der Waals surface area (Å²) in [7, 11) is -3.55. The minimum Gasteiger partial charge on any atom is -0.493 e. The maximum atomic E-state index is 12.9. The van der Waals surface area contributed by atoms with Crippen LogP contribution in [0.15, 0.2) is 53.4 Å². The second-order valence-corrected chi connectivity index (χ2v) is 8.84. The van der Waals surface area contributed by atoms with E-state index in [1.54, 1.807) is 18.2 Å². The second-order valence-electron chi connectivity index (χ2n) is 6.90. The zero-order chi connectivity index (χ0) is 18.9. The van der Waals surface area contributed by atoms with Crippen LogP contribution in [0.4, 0.5) is 5.69 Å². The van der Waals surface area contributed by atoms with Crippen molar-refractivity contribution in [2.75, 3.05) is 25.0 Å². The zero-order valence-electron chi connectivity index (χ0n) is 14.9. The Balaban J connectivity index is 1.40. The van der Waals surface area contributed by atoms with E-state index in [2.05, 4.69) is 5.32 Å². The van der Waals surface area contributed by atoms with Crippen molar-refractivity contribution in [3.63, 3.8) is 0 Å². The van der Waals surface area contributed by atoms with Gasteiger partial charge in [0.15, 0.2) is 0 Å². The maximum absolute atomic E-state index is 12.9. The molecule has 27 heavy (non-hydrogen) atoms. The number of amides is 1. The third kappa shape index (κ3) is 3.70. The molecule has 0 atom stereocenters. The van der Waals surface area contributed by atoms with Crippen LogP contribution in [0.2, 0.25) is 0 Å². The highest BCUT2D eigenvalue weighted by Crippen LogP contribution is 2.30. The predicted octanol–water partition coefficient (Wildman–Crippen LogP) is 2.66. The number of benzene rings is 2. The van der Waals surface area contributed by atoms with E-state index >= 15 is 0 Å². The quantitative estimate of drug-likeness (QED) is 0.877. The standard InChI is InChI=1S/C20H22N2O4S/c23-20(21-17-4-2-1-3-5-17)15-8-11-22(12-9-15)27(24,25)18-6-7-19-16(14-18)10-13-26-19/h1-7,14-15H,8-13H2,(H,21,23). The maximum Gasteiger partial charge on any atom is 0.243 e. The van der Waals surface area contributed by atoms with Crippen LogP contribution in [0.25, 0.3) is 0 Å². The van der Waals surface area contributed by atoms with Crippen LogP contribution in [-0.4, -0.2) is 38.3 Å². The summed E-state index contributed by atoms with van der Waals surface area (Å²) >= 11 is 0. The van der Waals surface area contributed by atoms with E-state index in [9.17, 15) is 13.2 Å². The molecule has 0 spiro atoms. The molecule has 0 aromatic heterocycles. The van der Waals surface area contributed by atoms with E-state index in [1.807, 2.05) is 30.3 Å². The third-order valence-corrected chi connectivity index (χ3v) is 7.06. The number of carbonyl (C=O) groups is 1. The first kappa shape index (κ1) is 18.0. The van der Waals surface area contributed by atoms with E-state index in [0.29, 0.717) is 37.4 Å². The molecule has 2 aliphatic rings. The van der Waals surface area contributed by atoms with E-state index < -0.39 is 10.0 Å². The lowest BCUT2D eigenvalue weighted by Crippen LogP contribution is -2.41. The van der Waals surface area contributed by atoms with Gasteiger partial charge in [-0.05, 0) is 48.7 Å². The van der Waals surface area contributed by atoms with Crippen LogP contribution >= 0.6 is 0 Å². The molecule has 1 N–H and O–H groups in total. The Morgan fingerprint density at radius 3 is 2.56 bits per heavy atom. The molecule has 1 amide bonds. The Morgan fingerprint density at radius 1 is 1.07 bits per heavy atom. The number of rotatable bonds is 4. The van der Waals surface area contributed by atoms with Gasteiger partial charge in [0.1, 0.15) is 5.75 Å². The number of carbonyl (C=O) groups excluding carboxylic acids is 1. The molecule has 0 radical (unpaired) electrons. The first-order valence-electron chi connectivity index (χ1n) is 9.16. The predicted molar refractivity (Wildman–Crippen MR) is 102 cm³/mol. The normalized spacial score (nSPS) is 17.9. The van der Waals surface area contributed by atoms with Crippen LogP contribution in [-0.2, 0) is 21.2 Å². The summed E-state index contributed by atoms with van der Waals surface area (Å²) in [5.74, 6) is 0.545. The Hall–Kier alpha value is -2.38. The molecule has 0 unspecified atom stereocenters. The third-order valence-electron chi connectivity index (χ3n) is 5.16. The number of ether oxygens (including phenoxy) is 1. The monoisotopic (exact) mass is 386 g/mol. The highest BCUT2D eigenvalue weighted by atomic mass is 32.2. The number of fused-ring (bicyclic) bond motifs is 1. The average molecular weight is 386 g/mol. The van der Waals surface area contributed by atoms with Gasteiger partial charge in [-0.15, -0.1) is 0 Å². The van der Waals surface area contributed by atoms with Gasteiger partial charge in [-0.2, -0.15) is 4.31 Å². The number of nitrogens with zero attached hydrogens (tertiary/aromatic N) is 1. The summed E-state index contributed by atoms with van der Waals surface area (Å²) in [4.78, 5) is 12.7. The second kappa shape index (κ2) is 7.32. The van der Waals surface area contributed by atoms with Crippen molar-refractivity contribution >= 4 is 21.6 Å². The molecular formula is C20H22N2O4S. The molecular weight excluding hydrogens is 364 g/mol. The van der Waals surface area contributed by atoms with Crippen molar-refractivity contribution in [2.45, 2.75) is 24.2 Å². The van der Waals surface area contributed by atoms with Gasteiger partial charge in [0.25, 0.3) is 0 Å². The first-order valence-corrected chi connectivity index (χ1v) is 10.6. The Labute approximate surface area is 159 Å². The molecule has 0 aliphatic carbocycles. The number of hydrogen-bond acceptors (Lipinski definition) is 4. The van der Waals surface area contributed by atoms with Crippen LogP contribution in [0.1, 0.15) is 18.4 Å². The van der Waals surface area contributed by atoms with Gasteiger partial charge < -0.3 is 10.1 Å². The molecule has 1 fully saturated rings. The van der Waals surface area contributed by atoms with Crippen molar-refractivity contribution in [2.24, 2.45) is 5.92 Å². The van der Waals surface area contributed by atoms with Gasteiger partial charge >= 0.3 is 0 Å². The number of hydrogen-bond donors (Lipinski definition) is 1. The molecule has 2 aromatic rings. The Morgan fingerprint density at radius 2 is 1.81 bits per heavy atom. The molecule has 142 valence electrons. The Kier molecular flexibility index (Phi) is 4.88. The number of piperidine rings is 1. The van der Waals surface area contributed by atoms with E-state index in [1.165, 1.54) is 4.31 Å². The molecule has 2 aliphatic heterocycles. The molecule has 6 nitrogen and oxygen atoms in total. The van der Waals surface area contributed by atoms with E-state index in [-0.39, 0.29) is 11.8 Å². The molecule has 7 heteroatoms. The number of anilines is 1. The minimum atomic E-state index is -3.55. The highest BCUT2D eigenvalue weighted by molar-refractivity contribution is 7.89. The van der Waals surface area contributed by atoms with Gasteiger partial charge in [0.2, 0.25) is 15.9 Å². The van der Waals surface area contributed by atoms with Crippen LogP contribution in [0.3, 0.4) is 0 Å².